The van der Waals surface area contributed by atoms with Gasteiger partial charge in [0.1, 0.15) is 0 Å². The molecule has 1 fully saturated rings. The Labute approximate surface area is 99.9 Å². The minimum Gasteiger partial charge on any atom is -0.312 e. The van der Waals surface area contributed by atoms with Crippen molar-refractivity contribution < 1.29 is 8.42 Å². The number of hydrogen-bond acceptors (Lipinski definition) is 3. The second kappa shape index (κ2) is 5.05. The molecule has 0 aromatic carbocycles. The summed E-state index contributed by atoms with van der Waals surface area (Å²) in [4.78, 5) is 0. The standard InChI is InChI=1S/C12H25NO2S/c1-5-6-11(10-7-8-10)13-9-12(2,3)16(4,14)15/h10-11,13H,5-9H2,1-4H3. The quantitative estimate of drug-likeness (QED) is 0.748. The Hall–Kier alpha value is -0.0900. The van der Waals surface area contributed by atoms with E-state index in [0.717, 1.165) is 18.8 Å². The van der Waals surface area contributed by atoms with Crippen LogP contribution in [-0.4, -0.2) is 32.0 Å². The van der Waals surface area contributed by atoms with Gasteiger partial charge in [-0.05, 0) is 39.0 Å². The van der Waals surface area contributed by atoms with E-state index < -0.39 is 14.6 Å². The van der Waals surface area contributed by atoms with Gasteiger partial charge in [-0.15, -0.1) is 0 Å². The Morgan fingerprint density at radius 3 is 2.31 bits per heavy atom. The third kappa shape index (κ3) is 3.74. The molecule has 0 heterocycles. The van der Waals surface area contributed by atoms with E-state index >= 15 is 0 Å². The summed E-state index contributed by atoms with van der Waals surface area (Å²) in [5.41, 5.74) is 0. The summed E-state index contributed by atoms with van der Waals surface area (Å²) in [7, 11) is -2.98. The fourth-order valence-electron chi connectivity index (χ4n) is 1.82. The van der Waals surface area contributed by atoms with E-state index in [1.54, 1.807) is 13.8 Å². The van der Waals surface area contributed by atoms with Crippen LogP contribution in [0.25, 0.3) is 0 Å². The van der Waals surface area contributed by atoms with Crippen molar-refractivity contribution >= 4 is 9.84 Å². The lowest BCUT2D eigenvalue weighted by Crippen LogP contribution is -2.45. The van der Waals surface area contributed by atoms with E-state index in [1.807, 2.05) is 0 Å². The lowest BCUT2D eigenvalue weighted by Gasteiger charge is -2.27. The molecule has 0 aromatic heterocycles. The summed E-state index contributed by atoms with van der Waals surface area (Å²) in [5.74, 6) is 0.787. The summed E-state index contributed by atoms with van der Waals surface area (Å²) in [6.07, 6.45) is 6.24. The Morgan fingerprint density at radius 1 is 1.38 bits per heavy atom. The van der Waals surface area contributed by atoms with Crippen LogP contribution in [0.5, 0.6) is 0 Å². The predicted octanol–water partition coefficient (Wildman–Crippen LogP) is 1.98. The highest BCUT2D eigenvalue weighted by molar-refractivity contribution is 7.92. The molecule has 1 N–H and O–H groups in total. The zero-order valence-electron chi connectivity index (χ0n) is 10.9. The Kier molecular flexibility index (Phi) is 4.41. The van der Waals surface area contributed by atoms with E-state index in [-0.39, 0.29) is 0 Å². The molecule has 0 aromatic rings. The van der Waals surface area contributed by atoms with E-state index in [0.29, 0.717) is 12.6 Å². The third-order valence-corrected chi connectivity index (χ3v) is 5.74. The smallest absolute Gasteiger partial charge is 0.153 e. The maximum atomic E-state index is 11.6. The normalized spacial score (nSPS) is 19.8. The molecule has 1 aliphatic rings. The molecule has 0 aliphatic heterocycles. The Morgan fingerprint density at radius 2 is 1.94 bits per heavy atom. The monoisotopic (exact) mass is 247 g/mol. The first-order valence-electron chi connectivity index (χ1n) is 6.21. The van der Waals surface area contributed by atoms with E-state index in [1.165, 1.54) is 19.1 Å². The average Bonchev–Trinajstić information content (AvgIpc) is 2.93. The molecule has 1 rings (SSSR count). The molecule has 1 saturated carbocycles. The lowest BCUT2D eigenvalue weighted by atomic mass is 10.1. The fraction of sp³-hybridized carbons (Fsp3) is 1.00. The van der Waals surface area contributed by atoms with E-state index in [9.17, 15) is 8.42 Å². The maximum Gasteiger partial charge on any atom is 0.153 e. The minimum absolute atomic E-state index is 0.519. The van der Waals surface area contributed by atoms with Crippen LogP contribution in [0.1, 0.15) is 46.5 Å². The lowest BCUT2D eigenvalue weighted by molar-refractivity contribution is 0.406. The molecule has 96 valence electrons. The summed E-state index contributed by atoms with van der Waals surface area (Å²) >= 11 is 0. The highest BCUT2D eigenvalue weighted by Crippen LogP contribution is 2.34. The Bertz CT molecular complexity index is 318. The van der Waals surface area contributed by atoms with Crippen LogP contribution in [0.3, 0.4) is 0 Å². The molecule has 0 bridgehead atoms. The Balaban J connectivity index is 2.48. The van der Waals surface area contributed by atoms with Gasteiger partial charge in [0.05, 0.1) is 4.75 Å². The van der Waals surface area contributed by atoms with Gasteiger partial charge in [-0.1, -0.05) is 13.3 Å². The maximum absolute atomic E-state index is 11.6. The zero-order chi connectivity index (χ0) is 12.4. The van der Waals surface area contributed by atoms with Gasteiger partial charge in [0.25, 0.3) is 0 Å². The first kappa shape index (κ1) is 14.0. The van der Waals surface area contributed by atoms with Crippen LogP contribution in [0, 0.1) is 5.92 Å². The molecular weight excluding hydrogens is 222 g/mol. The summed E-state index contributed by atoms with van der Waals surface area (Å²) in [6, 6.07) is 0.519. The predicted molar refractivity (Wildman–Crippen MR) is 68.3 cm³/mol. The molecular formula is C12H25NO2S. The van der Waals surface area contributed by atoms with Gasteiger partial charge in [0.2, 0.25) is 0 Å². The number of nitrogens with one attached hydrogen (secondary N) is 1. The molecule has 1 atom stereocenters. The third-order valence-electron chi connectivity index (χ3n) is 3.58. The molecule has 16 heavy (non-hydrogen) atoms. The molecule has 1 unspecified atom stereocenters. The number of hydrogen-bond donors (Lipinski definition) is 1. The van der Waals surface area contributed by atoms with Crippen LogP contribution < -0.4 is 5.32 Å². The van der Waals surface area contributed by atoms with Crippen molar-refractivity contribution in [1.29, 1.82) is 0 Å². The van der Waals surface area contributed by atoms with Crippen LogP contribution in [0.15, 0.2) is 0 Å². The summed E-state index contributed by atoms with van der Waals surface area (Å²) < 4.78 is 22.5. The first-order chi connectivity index (χ1) is 7.28. The molecule has 0 saturated heterocycles. The highest BCUT2D eigenvalue weighted by atomic mass is 32.2. The van der Waals surface area contributed by atoms with Crippen molar-refractivity contribution in [2.75, 3.05) is 12.8 Å². The largest absolute Gasteiger partial charge is 0.312 e. The van der Waals surface area contributed by atoms with Crippen molar-refractivity contribution in [3.8, 4) is 0 Å². The van der Waals surface area contributed by atoms with Crippen LogP contribution in [-0.2, 0) is 9.84 Å². The van der Waals surface area contributed by atoms with Crippen LogP contribution >= 0.6 is 0 Å². The van der Waals surface area contributed by atoms with Gasteiger partial charge < -0.3 is 5.32 Å². The molecule has 0 radical (unpaired) electrons. The van der Waals surface area contributed by atoms with Crippen molar-refractivity contribution in [3.05, 3.63) is 0 Å². The minimum atomic E-state index is -2.98. The van der Waals surface area contributed by atoms with Crippen LogP contribution in [0.2, 0.25) is 0 Å². The van der Waals surface area contributed by atoms with Gasteiger partial charge >= 0.3 is 0 Å². The van der Waals surface area contributed by atoms with E-state index in [4.69, 9.17) is 0 Å². The summed E-state index contributed by atoms with van der Waals surface area (Å²) in [6.45, 7) is 6.34. The number of rotatable bonds is 7. The SMILES string of the molecule is CCCC(NCC(C)(C)S(C)(=O)=O)C1CC1. The highest BCUT2D eigenvalue weighted by Gasteiger charge is 2.34. The van der Waals surface area contributed by atoms with Gasteiger partial charge in [-0.25, -0.2) is 8.42 Å². The topological polar surface area (TPSA) is 46.2 Å². The van der Waals surface area contributed by atoms with Gasteiger partial charge in [0, 0.05) is 18.8 Å². The average molecular weight is 247 g/mol. The molecule has 4 heteroatoms. The molecule has 3 nitrogen and oxygen atoms in total. The van der Waals surface area contributed by atoms with Crippen molar-refractivity contribution in [1.82, 2.24) is 5.32 Å². The molecule has 0 spiro atoms. The van der Waals surface area contributed by atoms with Gasteiger partial charge in [-0.3, -0.25) is 0 Å². The number of sulfone groups is 1. The van der Waals surface area contributed by atoms with Crippen molar-refractivity contribution in [2.24, 2.45) is 5.92 Å². The van der Waals surface area contributed by atoms with Gasteiger partial charge in [-0.2, -0.15) is 0 Å². The molecule has 0 amide bonds. The fourth-order valence-corrected chi connectivity index (χ4v) is 2.17. The van der Waals surface area contributed by atoms with Crippen molar-refractivity contribution in [3.63, 3.8) is 0 Å². The van der Waals surface area contributed by atoms with Gasteiger partial charge in [0.15, 0.2) is 9.84 Å². The van der Waals surface area contributed by atoms with Crippen molar-refractivity contribution in [2.45, 2.75) is 57.2 Å². The van der Waals surface area contributed by atoms with E-state index in [2.05, 4.69) is 12.2 Å². The second-order valence-electron chi connectivity index (χ2n) is 5.65. The second-order valence-corrected chi connectivity index (χ2v) is 8.29. The zero-order valence-corrected chi connectivity index (χ0v) is 11.7. The first-order valence-corrected chi connectivity index (χ1v) is 8.10. The molecule has 1 aliphatic carbocycles. The summed E-state index contributed by atoms with van der Waals surface area (Å²) in [5, 5.41) is 3.45. The van der Waals surface area contributed by atoms with Crippen LogP contribution in [0.4, 0.5) is 0 Å².